The van der Waals surface area contributed by atoms with Gasteiger partial charge in [0.05, 0.1) is 16.6 Å². The number of aromatic amines is 1. The molecule has 0 saturated carbocycles. The third-order valence-electron chi connectivity index (χ3n) is 7.23. The molecule has 2 bridgehead atoms. The Morgan fingerprint density at radius 2 is 2.00 bits per heavy atom. The molecule has 0 aromatic carbocycles. The Morgan fingerprint density at radius 1 is 1.16 bits per heavy atom. The van der Waals surface area contributed by atoms with E-state index >= 15 is 0 Å². The maximum absolute atomic E-state index is 13.5. The lowest BCUT2D eigenvalue weighted by molar-refractivity contribution is 0.0259. The van der Waals surface area contributed by atoms with Gasteiger partial charge in [-0.2, -0.15) is 10.4 Å². The predicted molar refractivity (Wildman–Crippen MR) is 139 cm³/mol. The number of aryl methyl sites for hydroxylation is 1. The molecule has 0 radical (unpaired) electrons. The minimum absolute atomic E-state index is 0.0361. The van der Waals surface area contributed by atoms with Gasteiger partial charge in [0, 0.05) is 59.9 Å². The van der Waals surface area contributed by atoms with E-state index < -0.39 is 0 Å². The summed E-state index contributed by atoms with van der Waals surface area (Å²) in [5.74, 6) is 2.10. The summed E-state index contributed by atoms with van der Waals surface area (Å²) in [5, 5.41) is 24.3. The van der Waals surface area contributed by atoms with Gasteiger partial charge in [0.25, 0.3) is 5.91 Å². The van der Waals surface area contributed by atoms with Crippen LogP contribution in [0.2, 0.25) is 0 Å². The first-order valence-corrected chi connectivity index (χ1v) is 12.6. The van der Waals surface area contributed by atoms with E-state index in [-0.39, 0.29) is 24.0 Å². The van der Waals surface area contributed by atoms with Gasteiger partial charge in [-0.3, -0.25) is 19.9 Å². The van der Waals surface area contributed by atoms with Crippen LogP contribution in [-0.4, -0.2) is 54.1 Å². The summed E-state index contributed by atoms with van der Waals surface area (Å²) >= 11 is 0. The largest absolute Gasteiger partial charge is 0.367 e. The molecule has 2 saturated heterocycles. The van der Waals surface area contributed by atoms with E-state index in [9.17, 15) is 10.1 Å². The number of nitrogens with one attached hydrogen (secondary N) is 3. The zero-order valence-electron chi connectivity index (χ0n) is 20.5. The number of hydrogen-bond acceptors (Lipinski definition) is 8. The van der Waals surface area contributed by atoms with E-state index in [4.69, 9.17) is 4.98 Å². The Hall–Kier alpha value is -4.52. The molecule has 186 valence electrons. The van der Waals surface area contributed by atoms with Gasteiger partial charge in [0.1, 0.15) is 17.7 Å². The van der Waals surface area contributed by atoms with Crippen molar-refractivity contribution in [2.24, 2.45) is 0 Å². The number of pyridine rings is 3. The number of amides is 1. The average Bonchev–Trinajstić information content (AvgIpc) is 3.32. The summed E-state index contributed by atoms with van der Waals surface area (Å²) in [6.45, 7) is 1.95. The maximum atomic E-state index is 13.5. The highest BCUT2D eigenvalue weighted by molar-refractivity contribution is 5.95. The molecule has 1 amide bonds. The number of piperidine rings is 2. The number of H-pyrrole nitrogens is 1. The van der Waals surface area contributed by atoms with Crippen molar-refractivity contribution in [1.82, 2.24) is 30.0 Å². The fraction of sp³-hybridized carbons (Fsp3) is 0.333. The third kappa shape index (κ3) is 4.56. The van der Waals surface area contributed by atoms with Gasteiger partial charge in [0.15, 0.2) is 5.82 Å². The summed E-state index contributed by atoms with van der Waals surface area (Å²) < 4.78 is 0. The van der Waals surface area contributed by atoms with Crippen molar-refractivity contribution in [2.75, 3.05) is 10.6 Å². The zero-order chi connectivity index (χ0) is 25.4. The summed E-state index contributed by atoms with van der Waals surface area (Å²) in [6.07, 6.45) is 9.50. The van der Waals surface area contributed by atoms with Gasteiger partial charge >= 0.3 is 0 Å². The molecule has 0 spiro atoms. The second-order valence-electron chi connectivity index (χ2n) is 9.83. The van der Waals surface area contributed by atoms with Gasteiger partial charge in [-0.1, -0.05) is 0 Å². The van der Waals surface area contributed by atoms with Crippen LogP contribution in [0.15, 0.2) is 48.9 Å². The molecule has 2 aliphatic rings. The van der Waals surface area contributed by atoms with Crippen LogP contribution in [0.3, 0.4) is 0 Å². The lowest BCUT2D eigenvalue weighted by Gasteiger charge is -2.49. The molecule has 1 unspecified atom stereocenters. The highest BCUT2D eigenvalue weighted by Gasteiger charge is 2.41. The van der Waals surface area contributed by atoms with Crippen molar-refractivity contribution in [3.63, 3.8) is 0 Å². The fourth-order valence-corrected chi connectivity index (χ4v) is 5.65. The molecule has 2 fully saturated rings. The molecule has 10 heteroatoms. The van der Waals surface area contributed by atoms with Gasteiger partial charge in [0.2, 0.25) is 0 Å². The van der Waals surface area contributed by atoms with Crippen LogP contribution in [0.4, 0.5) is 17.5 Å². The number of nitrogens with zero attached hydrogens (tertiary/aromatic N) is 6. The van der Waals surface area contributed by atoms with E-state index in [0.717, 1.165) is 54.5 Å². The van der Waals surface area contributed by atoms with Crippen molar-refractivity contribution >= 4 is 34.3 Å². The summed E-state index contributed by atoms with van der Waals surface area (Å²) in [7, 11) is 0. The minimum atomic E-state index is -0.0361. The van der Waals surface area contributed by atoms with E-state index in [1.807, 2.05) is 36.1 Å². The second-order valence-corrected chi connectivity index (χ2v) is 9.83. The topological polar surface area (TPSA) is 136 Å². The number of rotatable bonds is 5. The standard InChI is InChI=1S/C27H27N9O/c1-16-8-25(35-34-16)32-24-12-23-22(6-3-7-30-23)26(33-24)31-19-10-20-4-2-5-21(11-19)36(20)27(37)18-9-17(13-28)14-29-15-18/h3,6-9,12,14-15,19-21H,2,4-5,10-11H2,1H3,(H3,31,32,33,34,35)/t19?,20-,21+. The highest BCUT2D eigenvalue weighted by Crippen LogP contribution is 2.37. The van der Waals surface area contributed by atoms with Crippen LogP contribution < -0.4 is 10.6 Å². The Morgan fingerprint density at radius 3 is 2.76 bits per heavy atom. The molecule has 4 aromatic heterocycles. The molecular weight excluding hydrogens is 466 g/mol. The van der Waals surface area contributed by atoms with Crippen molar-refractivity contribution in [3.8, 4) is 6.07 Å². The summed E-state index contributed by atoms with van der Waals surface area (Å²) in [6, 6.07) is 11.9. The Balaban J connectivity index is 1.25. The van der Waals surface area contributed by atoms with Gasteiger partial charge in [-0.15, -0.1) is 0 Å². The van der Waals surface area contributed by atoms with E-state index in [0.29, 0.717) is 22.8 Å². The fourth-order valence-electron chi connectivity index (χ4n) is 5.65. The zero-order valence-corrected chi connectivity index (χ0v) is 20.5. The van der Waals surface area contributed by atoms with Crippen molar-refractivity contribution < 1.29 is 4.79 Å². The minimum Gasteiger partial charge on any atom is -0.367 e. The first kappa shape index (κ1) is 22.9. The SMILES string of the molecule is Cc1cc(Nc2cc3ncccc3c(NC3C[C@H]4CCC[C@@H](C3)N4C(=O)c3cncc(C#N)c3)n2)n[nH]1. The molecule has 3 atom stereocenters. The van der Waals surface area contributed by atoms with Crippen LogP contribution in [-0.2, 0) is 0 Å². The number of hydrogen-bond donors (Lipinski definition) is 3. The molecule has 10 nitrogen and oxygen atoms in total. The lowest BCUT2D eigenvalue weighted by atomic mass is 9.81. The Labute approximate surface area is 214 Å². The number of anilines is 3. The van der Waals surface area contributed by atoms with Gasteiger partial charge < -0.3 is 15.5 Å². The third-order valence-corrected chi connectivity index (χ3v) is 7.23. The number of carbonyl (C=O) groups is 1. The summed E-state index contributed by atoms with van der Waals surface area (Å²) in [4.78, 5) is 29.0. The van der Waals surface area contributed by atoms with Crippen LogP contribution in [0.5, 0.6) is 0 Å². The molecule has 0 aliphatic carbocycles. The van der Waals surface area contributed by atoms with E-state index in [1.54, 1.807) is 18.5 Å². The maximum Gasteiger partial charge on any atom is 0.255 e. The number of fused-ring (bicyclic) bond motifs is 3. The van der Waals surface area contributed by atoms with Crippen LogP contribution in [0.1, 0.15) is 53.7 Å². The first-order valence-electron chi connectivity index (χ1n) is 12.6. The van der Waals surface area contributed by atoms with Crippen molar-refractivity contribution in [3.05, 3.63) is 65.7 Å². The highest BCUT2D eigenvalue weighted by atomic mass is 16.2. The van der Waals surface area contributed by atoms with Crippen LogP contribution >= 0.6 is 0 Å². The molecule has 2 aliphatic heterocycles. The average molecular weight is 494 g/mol. The Bertz CT molecular complexity index is 1490. The van der Waals surface area contributed by atoms with E-state index in [2.05, 4.69) is 36.9 Å². The number of carbonyl (C=O) groups excluding carboxylic acids is 1. The quantitative estimate of drug-likeness (QED) is 0.374. The monoisotopic (exact) mass is 493 g/mol. The lowest BCUT2D eigenvalue weighted by Crippen LogP contribution is -2.57. The van der Waals surface area contributed by atoms with Gasteiger partial charge in [-0.25, -0.2) is 4.98 Å². The number of nitriles is 1. The molecular formula is C27H27N9O. The Kier molecular flexibility index (Phi) is 5.88. The predicted octanol–water partition coefficient (Wildman–Crippen LogP) is 4.31. The van der Waals surface area contributed by atoms with Crippen molar-refractivity contribution in [1.29, 1.82) is 5.26 Å². The molecule has 4 aromatic rings. The normalized spacial score (nSPS) is 20.9. The smallest absolute Gasteiger partial charge is 0.255 e. The first-order chi connectivity index (χ1) is 18.1. The molecule has 37 heavy (non-hydrogen) atoms. The van der Waals surface area contributed by atoms with E-state index in [1.165, 1.54) is 6.20 Å². The summed E-state index contributed by atoms with van der Waals surface area (Å²) in [5.41, 5.74) is 2.68. The molecule has 3 N–H and O–H groups in total. The molecule has 6 heterocycles. The van der Waals surface area contributed by atoms with Crippen LogP contribution in [0.25, 0.3) is 10.9 Å². The van der Waals surface area contributed by atoms with Crippen LogP contribution in [0, 0.1) is 18.3 Å². The second kappa shape index (κ2) is 9.50. The molecule has 6 rings (SSSR count). The number of aromatic nitrogens is 5. The van der Waals surface area contributed by atoms with Gasteiger partial charge in [-0.05, 0) is 57.2 Å². The van der Waals surface area contributed by atoms with Crippen molar-refractivity contribution in [2.45, 2.75) is 57.2 Å².